The second-order valence-corrected chi connectivity index (χ2v) is 5.64. The van der Waals surface area contributed by atoms with E-state index in [-0.39, 0.29) is 17.3 Å². The monoisotopic (exact) mass is 279 g/mol. The van der Waals surface area contributed by atoms with E-state index in [0.717, 1.165) is 17.5 Å². The molecule has 1 rings (SSSR count). The number of hydrogen-bond donors (Lipinski definition) is 2. The minimum Gasteiger partial charge on any atom is -0.508 e. The maximum atomic E-state index is 10.7. The van der Waals surface area contributed by atoms with Crippen molar-refractivity contribution in [2.75, 3.05) is 6.61 Å². The molecule has 4 heteroatoms. The number of carbonyl (C=O) groups excluding carboxylic acids is 1. The maximum Gasteiger partial charge on any atom is 0.302 e. The van der Waals surface area contributed by atoms with Gasteiger partial charge >= 0.3 is 5.97 Å². The fourth-order valence-electron chi connectivity index (χ4n) is 1.69. The van der Waals surface area contributed by atoms with Gasteiger partial charge in [-0.05, 0) is 31.9 Å². The van der Waals surface area contributed by atoms with Gasteiger partial charge in [0, 0.05) is 31.0 Å². The van der Waals surface area contributed by atoms with Crippen molar-refractivity contribution in [1.82, 2.24) is 5.32 Å². The SMILES string of the molecule is CCC(C)(C)NCc1ccc(CCOC(C)=O)cc1O. The molecule has 0 saturated carbocycles. The Labute approximate surface area is 121 Å². The Morgan fingerprint density at radius 3 is 2.65 bits per heavy atom. The lowest BCUT2D eigenvalue weighted by molar-refractivity contribution is -0.140. The summed E-state index contributed by atoms with van der Waals surface area (Å²) in [6, 6.07) is 5.61. The molecule has 0 aliphatic heterocycles. The Bertz CT molecular complexity index is 455. The van der Waals surface area contributed by atoms with Gasteiger partial charge in [-0.2, -0.15) is 0 Å². The van der Waals surface area contributed by atoms with Crippen molar-refractivity contribution in [3.8, 4) is 5.75 Å². The lowest BCUT2D eigenvalue weighted by atomic mass is 10.0. The molecule has 0 aromatic heterocycles. The zero-order valence-electron chi connectivity index (χ0n) is 12.8. The molecule has 1 aromatic carbocycles. The number of nitrogens with one attached hydrogen (secondary N) is 1. The highest BCUT2D eigenvalue weighted by molar-refractivity contribution is 5.65. The highest BCUT2D eigenvalue weighted by Crippen LogP contribution is 2.20. The maximum absolute atomic E-state index is 10.7. The normalized spacial score (nSPS) is 11.4. The summed E-state index contributed by atoms with van der Waals surface area (Å²) in [5, 5.41) is 13.4. The van der Waals surface area contributed by atoms with Gasteiger partial charge in [0.05, 0.1) is 6.61 Å². The van der Waals surface area contributed by atoms with Gasteiger partial charge < -0.3 is 15.2 Å². The minimum atomic E-state index is -0.281. The molecule has 0 fully saturated rings. The molecule has 0 aliphatic rings. The largest absolute Gasteiger partial charge is 0.508 e. The van der Waals surface area contributed by atoms with E-state index in [0.29, 0.717) is 19.6 Å². The highest BCUT2D eigenvalue weighted by atomic mass is 16.5. The number of hydrogen-bond acceptors (Lipinski definition) is 4. The van der Waals surface area contributed by atoms with E-state index in [2.05, 4.69) is 26.1 Å². The van der Waals surface area contributed by atoms with Crippen LogP contribution in [0.2, 0.25) is 0 Å². The first-order chi connectivity index (χ1) is 9.34. The molecular formula is C16H25NO3. The molecule has 1 aromatic rings. The molecule has 20 heavy (non-hydrogen) atoms. The number of ether oxygens (including phenoxy) is 1. The minimum absolute atomic E-state index is 0.0560. The molecule has 0 atom stereocenters. The topological polar surface area (TPSA) is 58.6 Å². The summed E-state index contributed by atoms with van der Waals surface area (Å²) in [6.07, 6.45) is 1.63. The van der Waals surface area contributed by atoms with Crippen LogP contribution in [0.3, 0.4) is 0 Å². The molecule has 4 nitrogen and oxygen atoms in total. The van der Waals surface area contributed by atoms with E-state index >= 15 is 0 Å². The lowest BCUT2D eigenvalue weighted by Gasteiger charge is -2.24. The van der Waals surface area contributed by atoms with Crippen LogP contribution in [-0.2, 0) is 22.5 Å². The van der Waals surface area contributed by atoms with Crippen LogP contribution in [-0.4, -0.2) is 23.2 Å². The third kappa shape index (κ3) is 5.61. The van der Waals surface area contributed by atoms with Crippen LogP contribution in [0.1, 0.15) is 45.2 Å². The molecular weight excluding hydrogens is 254 g/mol. The zero-order valence-corrected chi connectivity index (χ0v) is 12.8. The Morgan fingerprint density at radius 2 is 2.10 bits per heavy atom. The second-order valence-electron chi connectivity index (χ2n) is 5.64. The van der Waals surface area contributed by atoms with E-state index in [1.807, 2.05) is 12.1 Å². The molecule has 2 N–H and O–H groups in total. The first-order valence-corrected chi connectivity index (χ1v) is 7.03. The summed E-state index contributed by atoms with van der Waals surface area (Å²) < 4.78 is 4.89. The van der Waals surface area contributed by atoms with Crippen LogP contribution in [0.5, 0.6) is 5.75 Å². The third-order valence-electron chi connectivity index (χ3n) is 3.49. The standard InChI is InChI=1S/C16H25NO3/c1-5-16(3,4)17-11-14-7-6-13(10-15(14)19)8-9-20-12(2)18/h6-7,10,17,19H,5,8-9,11H2,1-4H3. The van der Waals surface area contributed by atoms with Gasteiger partial charge in [-0.1, -0.05) is 19.1 Å². The molecule has 0 heterocycles. The van der Waals surface area contributed by atoms with Gasteiger partial charge in [0.15, 0.2) is 0 Å². The van der Waals surface area contributed by atoms with Gasteiger partial charge in [-0.3, -0.25) is 4.79 Å². The van der Waals surface area contributed by atoms with Crippen LogP contribution in [0.4, 0.5) is 0 Å². The van der Waals surface area contributed by atoms with Crippen molar-refractivity contribution < 1.29 is 14.6 Å². The first kappa shape index (κ1) is 16.5. The molecule has 0 bridgehead atoms. The Morgan fingerprint density at radius 1 is 1.40 bits per heavy atom. The van der Waals surface area contributed by atoms with E-state index < -0.39 is 0 Å². The molecule has 0 saturated heterocycles. The van der Waals surface area contributed by atoms with Crippen LogP contribution >= 0.6 is 0 Å². The average Bonchev–Trinajstić information content (AvgIpc) is 2.37. The van der Waals surface area contributed by atoms with Gasteiger partial charge in [0.1, 0.15) is 5.75 Å². The number of benzene rings is 1. The molecule has 112 valence electrons. The van der Waals surface area contributed by atoms with Crippen LogP contribution in [0, 0.1) is 0 Å². The van der Waals surface area contributed by atoms with Crippen molar-refractivity contribution in [2.24, 2.45) is 0 Å². The smallest absolute Gasteiger partial charge is 0.302 e. The van der Waals surface area contributed by atoms with Gasteiger partial charge in [0.25, 0.3) is 0 Å². The van der Waals surface area contributed by atoms with Crippen molar-refractivity contribution in [1.29, 1.82) is 0 Å². The Kier molecular flexibility index (Phi) is 6.02. The van der Waals surface area contributed by atoms with E-state index in [1.165, 1.54) is 6.92 Å². The Balaban J connectivity index is 2.57. The summed E-state index contributed by atoms with van der Waals surface area (Å²) in [7, 11) is 0. The number of phenols is 1. The summed E-state index contributed by atoms with van der Waals surface area (Å²) in [6.45, 7) is 8.77. The van der Waals surface area contributed by atoms with Gasteiger partial charge in [-0.25, -0.2) is 0 Å². The molecule has 0 radical (unpaired) electrons. The summed E-state index contributed by atoms with van der Waals surface area (Å²) >= 11 is 0. The Hall–Kier alpha value is -1.55. The van der Waals surface area contributed by atoms with Crippen LogP contribution in [0.25, 0.3) is 0 Å². The van der Waals surface area contributed by atoms with Crippen LogP contribution < -0.4 is 5.32 Å². The zero-order chi connectivity index (χ0) is 15.2. The average molecular weight is 279 g/mol. The summed E-state index contributed by atoms with van der Waals surface area (Å²) in [5.41, 5.74) is 1.89. The predicted octanol–water partition coefficient (Wildman–Crippen LogP) is 2.78. The number of carbonyl (C=O) groups is 1. The van der Waals surface area contributed by atoms with E-state index in [4.69, 9.17) is 4.74 Å². The van der Waals surface area contributed by atoms with E-state index in [1.54, 1.807) is 6.07 Å². The molecule has 0 spiro atoms. The highest BCUT2D eigenvalue weighted by Gasteiger charge is 2.14. The van der Waals surface area contributed by atoms with Crippen molar-refractivity contribution in [3.63, 3.8) is 0 Å². The van der Waals surface area contributed by atoms with Gasteiger partial charge in [0.2, 0.25) is 0 Å². The number of esters is 1. The lowest BCUT2D eigenvalue weighted by Crippen LogP contribution is -2.37. The first-order valence-electron chi connectivity index (χ1n) is 7.03. The predicted molar refractivity (Wildman–Crippen MR) is 79.7 cm³/mol. The van der Waals surface area contributed by atoms with E-state index in [9.17, 15) is 9.90 Å². The molecule has 0 unspecified atom stereocenters. The van der Waals surface area contributed by atoms with Crippen molar-refractivity contribution in [2.45, 2.75) is 52.6 Å². The fraction of sp³-hybridized carbons (Fsp3) is 0.562. The van der Waals surface area contributed by atoms with Crippen molar-refractivity contribution in [3.05, 3.63) is 29.3 Å². The quantitative estimate of drug-likeness (QED) is 0.754. The summed E-state index contributed by atoms with van der Waals surface area (Å²) in [4.78, 5) is 10.7. The molecule has 0 amide bonds. The van der Waals surface area contributed by atoms with Crippen LogP contribution in [0.15, 0.2) is 18.2 Å². The van der Waals surface area contributed by atoms with Crippen molar-refractivity contribution >= 4 is 5.97 Å². The summed E-state index contributed by atoms with van der Waals surface area (Å²) in [5.74, 6) is 0.00145. The number of aromatic hydroxyl groups is 1. The van der Waals surface area contributed by atoms with Gasteiger partial charge in [-0.15, -0.1) is 0 Å². The second kappa shape index (κ2) is 7.29. The third-order valence-corrected chi connectivity index (χ3v) is 3.49. The number of rotatable bonds is 7. The fourth-order valence-corrected chi connectivity index (χ4v) is 1.69. The molecule has 0 aliphatic carbocycles. The number of phenolic OH excluding ortho intramolecular Hbond substituents is 1.